The standard InChI is InChI=1S/C20H30N2O/c23-20-18-9-5-4-8-17(18)14-19(20)22-12-10-21(11-13-22)15-16-6-2-1-3-7-16/h4-5,8-9,16,19-20,23H,1-3,6-7,10-15H2. The van der Waals surface area contributed by atoms with E-state index in [-0.39, 0.29) is 6.10 Å². The first kappa shape index (κ1) is 15.6. The number of piperazine rings is 1. The molecule has 126 valence electrons. The Labute approximate surface area is 140 Å². The van der Waals surface area contributed by atoms with Crippen LogP contribution in [-0.4, -0.2) is 53.7 Å². The number of aliphatic hydroxyl groups is 1. The van der Waals surface area contributed by atoms with Gasteiger partial charge < -0.3 is 10.0 Å². The third kappa shape index (κ3) is 3.33. The molecule has 23 heavy (non-hydrogen) atoms. The highest BCUT2D eigenvalue weighted by Gasteiger charge is 2.36. The fraction of sp³-hybridized carbons (Fsp3) is 0.700. The first-order valence-corrected chi connectivity index (χ1v) is 9.53. The second kappa shape index (κ2) is 6.92. The van der Waals surface area contributed by atoms with Crippen molar-refractivity contribution in [1.29, 1.82) is 0 Å². The van der Waals surface area contributed by atoms with Gasteiger partial charge in [-0.15, -0.1) is 0 Å². The van der Waals surface area contributed by atoms with Gasteiger partial charge in [-0.05, 0) is 36.3 Å². The Morgan fingerprint density at radius 2 is 1.70 bits per heavy atom. The van der Waals surface area contributed by atoms with E-state index in [0.29, 0.717) is 6.04 Å². The maximum atomic E-state index is 10.7. The molecule has 1 saturated carbocycles. The zero-order valence-electron chi connectivity index (χ0n) is 14.2. The summed E-state index contributed by atoms with van der Waals surface area (Å²) in [6, 6.07) is 8.71. The van der Waals surface area contributed by atoms with Crippen molar-refractivity contribution in [3.63, 3.8) is 0 Å². The Bertz CT molecular complexity index is 518. The summed E-state index contributed by atoms with van der Waals surface area (Å²) in [5.41, 5.74) is 2.50. The van der Waals surface area contributed by atoms with Gasteiger partial charge in [0, 0.05) is 38.8 Å². The molecule has 2 aliphatic carbocycles. The molecule has 0 spiro atoms. The van der Waals surface area contributed by atoms with Gasteiger partial charge in [0.2, 0.25) is 0 Å². The molecule has 1 aromatic rings. The first-order valence-electron chi connectivity index (χ1n) is 9.53. The summed E-state index contributed by atoms with van der Waals surface area (Å²) in [4.78, 5) is 5.20. The summed E-state index contributed by atoms with van der Waals surface area (Å²) in [7, 11) is 0. The predicted molar refractivity (Wildman–Crippen MR) is 93.5 cm³/mol. The lowest BCUT2D eigenvalue weighted by Gasteiger charge is -2.40. The summed E-state index contributed by atoms with van der Waals surface area (Å²) in [5, 5.41) is 10.7. The van der Waals surface area contributed by atoms with Gasteiger partial charge in [0.05, 0.1) is 6.10 Å². The Hall–Kier alpha value is -0.900. The van der Waals surface area contributed by atoms with Crippen molar-refractivity contribution in [1.82, 2.24) is 9.80 Å². The quantitative estimate of drug-likeness (QED) is 0.929. The predicted octanol–water partition coefficient (Wildman–Crippen LogP) is 2.84. The highest BCUT2D eigenvalue weighted by atomic mass is 16.3. The molecule has 1 aromatic carbocycles. The summed E-state index contributed by atoms with van der Waals surface area (Å²) in [6.07, 6.45) is 7.93. The molecule has 0 aromatic heterocycles. The van der Waals surface area contributed by atoms with Crippen LogP contribution in [0.1, 0.15) is 49.3 Å². The molecule has 3 heteroatoms. The van der Waals surface area contributed by atoms with Crippen LogP contribution in [-0.2, 0) is 6.42 Å². The maximum Gasteiger partial charge on any atom is 0.0951 e. The average molecular weight is 314 g/mol. The van der Waals surface area contributed by atoms with Gasteiger partial charge in [0.1, 0.15) is 0 Å². The van der Waals surface area contributed by atoms with Crippen LogP contribution < -0.4 is 0 Å². The SMILES string of the molecule is OC1c2ccccc2CC1N1CCN(CC2CCCCC2)CC1. The van der Waals surface area contributed by atoms with Crippen molar-refractivity contribution >= 4 is 0 Å². The number of hydrogen-bond donors (Lipinski definition) is 1. The van der Waals surface area contributed by atoms with E-state index in [2.05, 4.69) is 28.0 Å². The molecule has 1 aliphatic heterocycles. The van der Waals surface area contributed by atoms with E-state index in [4.69, 9.17) is 0 Å². The lowest BCUT2D eigenvalue weighted by molar-refractivity contribution is 0.0227. The highest BCUT2D eigenvalue weighted by molar-refractivity contribution is 5.35. The topological polar surface area (TPSA) is 26.7 Å². The van der Waals surface area contributed by atoms with Crippen molar-refractivity contribution < 1.29 is 5.11 Å². The molecule has 3 nitrogen and oxygen atoms in total. The minimum absolute atomic E-state index is 0.295. The molecule has 0 amide bonds. The van der Waals surface area contributed by atoms with Crippen LogP contribution >= 0.6 is 0 Å². The minimum atomic E-state index is -0.295. The number of aliphatic hydroxyl groups excluding tert-OH is 1. The van der Waals surface area contributed by atoms with Crippen LogP contribution in [0.25, 0.3) is 0 Å². The Morgan fingerprint density at radius 3 is 2.43 bits per heavy atom. The molecule has 3 aliphatic rings. The zero-order chi connectivity index (χ0) is 15.6. The molecule has 1 heterocycles. The molecular formula is C20H30N2O. The maximum absolute atomic E-state index is 10.7. The van der Waals surface area contributed by atoms with Crippen LogP contribution in [0, 0.1) is 5.92 Å². The second-order valence-corrected chi connectivity index (χ2v) is 7.76. The van der Waals surface area contributed by atoms with E-state index < -0.39 is 0 Å². The highest BCUT2D eigenvalue weighted by Crippen LogP contribution is 2.34. The van der Waals surface area contributed by atoms with Crippen molar-refractivity contribution in [2.45, 2.75) is 50.7 Å². The number of benzene rings is 1. The third-order valence-corrected chi connectivity index (χ3v) is 6.28. The van der Waals surface area contributed by atoms with Gasteiger partial charge >= 0.3 is 0 Å². The average Bonchev–Trinajstić information content (AvgIpc) is 2.94. The van der Waals surface area contributed by atoms with Crippen LogP contribution in [0.3, 0.4) is 0 Å². The molecule has 2 fully saturated rings. The molecule has 2 unspecified atom stereocenters. The van der Waals surface area contributed by atoms with Crippen molar-refractivity contribution in [2.75, 3.05) is 32.7 Å². The van der Waals surface area contributed by atoms with Crippen molar-refractivity contribution in [3.05, 3.63) is 35.4 Å². The first-order chi connectivity index (χ1) is 11.3. The minimum Gasteiger partial charge on any atom is -0.387 e. The largest absolute Gasteiger partial charge is 0.387 e. The molecule has 2 atom stereocenters. The van der Waals surface area contributed by atoms with E-state index in [9.17, 15) is 5.11 Å². The van der Waals surface area contributed by atoms with Crippen LogP contribution in [0.5, 0.6) is 0 Å². The van der Waals surface area contributed by atoms with Crippen LogP contribution in [0.15, 0.2) is 24.3 Å². The van der Waals surface area contributed by atoms with Gasteiger partial charge in [-0.2, -0.15) is 0 Å². The van der Waals surface area contributed by atoms with Gasteiger partial charge in [0.15, 0.2) is 0 Å². The number of nitrogens with zero attached hydrogens (tertiary/aromatic N) is 2. The van der Waals surface area contributed by atoms with E-state index in [1.807, 2.05) is 6.07 Å². The molecule has 1 saturated heterocycles. The zero-order valence-corrected chi connectivity index (χ0v) is 14.2. The summed E-state index contributed by atoms with van der Waals surface area (Å²) < 4.78 is 0. The third-order valence-electron chi connectivity index (χ3n) is 6.28. The Morgan fingerprint density at radius 1 is 0.957 bits per heavy atom. The van der Waals surface area contributed by atoms with E-state index in [1.165, 1.54) is 57.3 Å². The molecular weight excluding hydrogens is 284 g/mol. The van der Waals surface area contributed by atoms with Gasteiger partial charge in [-0.3, -0.25) is 4.90 Å². The Balaban J connectivity index is 1.30. The molecule has 0 radical (unpaired) electrons. The molecule has 1 N–H and O–H groups in total. The fourth-order valence-corrected chi connectivity index (χ4v) is 4.89. The van der Waals surface area contributed by atoms with Crippen molar-refractivity contribution in [2.24, 2.45) is 5.92 Å². The number of rotatable bonds is 3. The fourth-order valence-electron chi connectivity index (χ4n) is 4.89. The lowest BCUT2D eigenvalue weighted by Crippen LogP contribution is -2.52. The van der Waals surface area contributed by atoms with Gasteiger partial charge in [0.25, 0.3) is 0 Å². The second-order valence-electron chi connectivity index (χ2n) is 7.76. The molecule has 0 bridgehead atoms. The summed E-state index contributed by atoms with van der Waals surface area (Å²) in [5.74, 6) is 0.941. The summed E-state index contributed by atoms with van der Waals surface area (Å²) >= 11 is 0. The molecule has 4 rings (SSSR count). The van der Waals surface area contributed by atoms with Crippen LogP contribution in [0.2, 0.25) is 0 Å². The Kier molecular flexibility index (Phi) is 4.70. The van der Waals surface area contributed by atoms with Crippen LogP contribution in [0.4, 0.5) is 0 Å². The normalized spacial score (nSPS) is 30.5. The monoisotopic (exact) mass is 314 g/mol. The van der Waals surface area contributed by atoms with Crippen molar-refractivity contribution in [3.8, 4) is 0 Å². The number of fused-ring (bicyclic) bond motifs is 1. The number of hydrogen-bond acceptors (Lipinski definition) is 3. The van der Waals surface area contributed by atoms with E-state index in [0.717, 1.165) is 31.0 Å². The van der Waals surface area contributed by atoms with E-state index in [1.54, 1.807) is 0 Å². The smallest absolute Gasteiger partial charge is 0.0951 e. The van der Waals surface area contributed by atoms with Gasteiger partial charge in [-0.1, -0.05) is 43.5 Å². The van der Waals surface area contributed by atoms with Gasteiger partial charge in [-0.25, -0.2) is 0 Å². The lowest BCUT2D eigenvalue weighted by atomic mass is 9.89. The summed E-state index contributed by atoms with van der Waals surface area (Å²) in [6.45, 7) is 5.89. The van der Waals surface area contributed by atoms with E-state index >= 15 is 0 Å².